The number of carboxylic acids is 1. The molecule has 1 aromatic rings. The van der Waals surface area contributed by atoms with Crippen LogP contribution in [0.3, 0.4) is 0 Å². The fourth-order valence-corrected chi connectivity index (χ4v) is 1.58. The van der Waals surface area contributed by atoms with E-state index in [1.807, 2.05) is 13.0 Å². The molecule has 1 atom stereocenters. The zero-order valence-electron chi connectivity index (χ0n) is 10.9. The van der Waals surface area contributed by atoms with Gasteiger partial charge in [0.2, 0.25) is 5.91 Å². The van der Waals surface area contributed by atoms with E-state index in [9.17, 15) is 9.59 Å². The molecule has 0 radical (unpaired) electrons. The van der Waals surface area contributed by atoms with Crippen molar-refractivity contribution in [3.05, 3.63) is 24.5 Å². The molecule has 1 heterocycles. The number of nitrogens with zero attached hydrogens (tertiary/aromatic N) is 3. The molecule has 1 amide bonds. The molecule has 19 heavy (non-hydrogen) atoms. The molecule has 7 heteroatoms. The van der Waals surface area contributed by atoms with Crippen molar-refractivity contribution in [1.82, 2.24) is 20.3 Å². The van der Waals surface area contributed by atoms with Gasteiger partial charge in [0.15, 0.2) is 5.69 Å². The van der Waals surface area contributed by atoms with Gasteiger partial charge in [0, 0.05) is 6.04 Å². The Kier molecular flexibility index (Phi) is 5.72. The zero-order chi connectivity index (χ0) is 14.3. The van der Waals surface area contributed by atoms with Crippen molar-refractivity contribution >= 4 is 11.9 Å². The third kappa shape index (κ3) is 5.33. The second-order valence-corrected chi connectivity index (χ2v) is 4.29. The molecule has 0 bridgehead atoms. The number of carbonyl (C=O) groups excluding carboxylic acids is 1. The smallest absolute Gasteiger partial charge is 0.358 e. The minimum Gasteiger partial charge on any atom is -0.476 e. The predicted octanol–water partition coefficient (Wildman–Crippen LogP) is 0.837. The van der Waals surface area contributed by atoms with Crippen molar-refractivity contribution in [3.63, 3.8) is 0 Å². The highest BCUT2D eigenvalue weighted by Crippen LogP contribution is 2.01. The van der Waals surface area contributed by atoms with Crippen LogP contribution in [0.15, 0.2) is 18.9 Å². The molecule has 104 valence electrons. The lowest BCUT2D eigenvalue weighted by Crippen LogP contribution is -2.35. The Morgan fingerprint density at radius 2 is 2.37 bits per heavy atom. The topological polar surface area (TPSA) is 97.1 Å². The summed E-state index contributed by atoms with van der Waals surface area (Å²) >= 11 is 0. The monoisotopic (exact) mass is 266 g/mol. The van der Waals surface area contributed by atoms with E-state index in [0.29, 0.717) is 0 Å². The first-order valence-electron chi connectivity index (χ1n) is 6.06. The lowest BCUT2D eigenvalue weighted by molar-refractivity contribution is -0.122. The number of hydrogen-bond acceptors (Lipinski definition) is 4. The second-order valence-electron chi connectivity index (χ2n) is 4.29. The number of aromatic nitrogens is 3. The summed E-state index contributed by atoms with van der Waals surface area (Å²) in [5.41, 5.74) is -0.174. The molecule has 0 saturated carbocycles. The molecule has 0 aliphatic rings. The van der Waals surface area contributed by atoms with Crippen LogP contribution in [0.25, 0.3) is 0 Å². The standard InChI is InChI=1S/C12H18N4O3/c1-3-4-5-6-9(2)13-11(17)8-16-7-10(12(18)19)14-15-16/h3,7,9H,1,4-6,8H2,2H3,(H,13,17)(H,18,19). The number of amides is 1. The third-order valence-corrected chi connectivity index (χ3v) is 2.52. The first-order chi connectivity index (χ1) is 9.02. The van der Waals surface area contributed by atoms with Crippen LogP contribution in [-0.2, 0) is 11.3 Å². The number of hydrogen-bond donors (Lipinski definition) is 2. The van der Waals surface area contributed by atoms with Gasteiger partial charge in [-0.15, -0.1) is 11.7 Å². The Morgan fingerprint density at radius 1 is 1.63 bits per heavy atom. The van der Waals surface area contributed by atoms with Crippen LogP contribution in [0, 0.1) is 0 Å². The maximum absolute atomic E-state index is 11.7. The average Bonchev–Trinajstić information content (AvgIpc) is 2.77. The summed E-state index contributed by atoms with van der Waals surface area (Å²) in [6, 6.07) is 0.0647. The van der Waals surface area contributed by atoms with Crippen molar-refractivity contribution in [2.45, 2.75) is 38.8 Å². The van der Waals surface area contributed by atoms with Crippen molar-refractivity contribution in [2.24, 2.45) is 0 Å². The van der Waals surface area contributed by atoms with Gasteiger partial charge in [-0.3, -0.25) is 4.79 Å². The van der Waals surface area contributed by atoms with Crippen LogP contribution in [-0.4, -0.2) is 38.0 Å². The summed E-state index contributed by atoms with van der Waals surface area (Å²) in [5.74, 6) is -1.38. The Balaban J connectivity index is 2.37. The molecule has 2 N–H and O–H groups in total. The number of carbonyl (C=O) groups is 2. The van der Waals surface area contributed by atoms with Crippen LogP contribution < -0.4 is 5.32 Å². The Labute approximate surface area is 111 Å². The van der Waals surface area contributed by atoms with E-state index < -0.39 is 5.97 Å². The summed E-state index contributed by atoms with van der Waals surface area (Å²) in [6.45, 7) is 5.52. The third-order valence-electron chi connectivity index (χ3n) is 2.52. The lowest BCUT2D eigenvalue weighted by Gasteiger charge is -2.12. The van der Waals surface area contributed by atoms with Gasteiger partial charge >= 0.3 is 5.97 Å². The highest BCUT2D eigenvalue weighted by atomic mass is 16.4. The fourth-order valence-electron chi connectivity index (χ4n) is 1.58. The van der Waals surface area contributed by atoms with E-state index in [4.69, 9.17) is 5.11 Å². The van der Waals surface area contributed by atoms with E-state index in [0.717, 1.165) is 19.3 Å². The van der Waals surface area contributed by atoms with Crippen molar-refractivity contribution in [3.8, 4) is 0 Å². The SMILES string of the molecule is C=CCCCC(C)NC(=O)Cn1cc(C(=O)O)nn1. The summed E-state index contributed by atoms with van der Waals surface area (Å²) < 4.78 is 1.20. The van der Waals surface area contributed by atoms with Crippen LogP contribution in [0.2, 0.25) is 0 Å². The maximum atomic E-state index is 11.7. The van der Waals surface area contributed by atoms with Crippen LogP contribution in [0.4, 0.5) is 0 Å². The van der Waals surface area contributed by atoms with Gasteiger partial charge in [-0.25, -0.2) is 9.48 Å². The summed E-state index contributed by atoms with van der Waals surface area (Å²) in [7, 11) is 0. The molecule has 0 aliphatic carbocycles. The molecule has 7 nitrogen and oxygen atoms in total. The normalized spacial score (nSPS) is 11.8. The molecule has 0 spiro atoms. The van der Waals surface area contributed by atoms with Gasteiger partial charge in [-0.05, 0) is 26.2 Å². The van der Waals surface area contributed by atoms with E-state index in [-0.39, 0.29) is 24.2 Å². The predicted molar refractivity (Wildman–Crippen MR) is 68.6 cm³/mol. The van der Waals surface area contributed by atoms with Crippen molar-refractivity contribution < 1.29 is 14.7 Å². The number of nitrogens with one attached hydrogen (secondary N) is 1. The molecule has 0 saturated heterocycles. The van der Waals surface area contributed by atoms with Crippen molar-refractivity contribution in [2.75, 3.05) is 0 Å². The van der Waals surface area contributed by atoms with E-state index in [2.05, 4.69) is 22.2 Å². The minimum atomic E-state index is -1.16. The Bertz CT molecular complexity index is 456. The van der Waals surface area contributed by atoms with Gasteiger partial charge in [0.1, 0.15) is 6.54 Å². The number of aromatic carboxylic acids is 1. The number of allylic oxidation sites excluding steroid dienone is 1. The van der Waals surface area contributed by atoms with Crippen LogP contribution in [0.5, 0.6) is 0 Å². The summed E-state index contributed by atoms with van der Waals surface area (Å²) in [4.78, 5) is 22.3. The highest BCUT2D eigenvalue weighted by Gasteiger charge is 2.12. The quantitative estimate of drug-likeness (QED) is 0.536. The molecule has 0 aromatic carbocycles. The molecular weight excluding hydrogens is 248 g/mol. The zero-order valence-corrected chi connectivity index (χ0v) is 10.9. The number of rotatable bonds is 8. The van der Waals surface area contributed by atoms with E-state index in [1.54, 1.807) is 0 Å². The van der Waals surface area contributed by atoms with Gasteiger partial charge in [-0.2, -0.15) is 0 Å². The Hall–Kier alpha value is -2.18. The first-order valence-corrected chi connectivity index (χ1v) is 6.06. The largest absolute Gasteiger partial charge is 0.476 e. The van der Waals surface area contributed by atoms with Gasteiger partial charge in [-0.1, -0.05) is 11.3 Å². The second kappa shape index (κ2) is 7.30. The molecule has 1 aromatic heterocycles. The highest BCUT2D eigenvalue weighted by molar-refractivity contribution is 5.84. The van der Waals surface area contributed by atoms with Gasteiger partial charge < -0.3 is 10.4 Å². The number of unbranched alkanes of at least 4 members (excludes halogenated alkanes) is 1. The molecule has 1 rings (SSSR count). The van der Waals surface area contributed by atoms with E-state index >= 15 is 0 Å². The Morgan fingerprint density at radius 3 is 2.95 bits per heavy atom. The maximum Gasteiger partial charge on any atom is 0.358 e. The van der Waals surface area contributed by atoms with Crippen LogP contribution in [0.1, 0.15) is 36.7 Å². The molecule has 1 unspecified atom stereocenters. The van der Waals surface area contributed by atoms with Crippen LogP contribution >= 0.6 is 0 Å². The van der Waals surface area contributed by atoms with Gasteiger partial charge in [0.25, 0.3) is 0 Å². The summed E-state index contributed by atoms with van der Waals surface area (Å²) in [6.07, 6.45) is 5.83. The minimum absolute atomic E-state index is 0.0356. The molecular formula is C12H18N4O3. The van der Waals surface area contributed by atoms with Crippen molar-refractivity contribution in [1.29, 1.82) is 0 Å². The summed E-state index contributed by atoms with van der Waals surface area (Å²) in [5, 5.41) is 18.5. The number of carboxylic acid groups (broad SMARTS) is 1. The van der Waals surface area contributed by atoms with E-state index in [1.165, 1.54) is 10.9 Å². The fraction of sp³-hybridized carbons (Fsp3) is 0.500. The van der Waals surface area contributed by atoms with Gasteiger partial charge in [0.05, 0.1) is 6.20 Å². The lowest BCUT2D eigenvalue weighted by atomic mass is 10.1. The molecule has 0 aliphatic heterocycles. The first kappa shape index (κ1) is 14.9. The molecule has 0 fully saturated rings. The average molecular weight is 266 g/mol.